The molecule has 0 bridgehead atoms. The number of hydrazine groups is 2. The Morgan fingerprint density at radius 1 is 1.20 bits per heavy atom. The Labute approximate surface area is 203 Å². The van der Waals surface area contributed by atoms with Crippen LogP contribution in [-0.2, 0) is 11.3 Å². The van der Waals surface area contributed by atoms with Crippen LogP contribution in [-0.4, -0.2) is 44.7 Å². The molecule has 1 atom stereocenters. The number of hydrogen-bond acceptors (Lipinski definition) is 7. The molecule has 5 rings (SSSR count). The molecule has 3 aliphatic rings. The van der Waals surface area contributed by atoms with E-state index in [0.29, 0.717) is 35.3 Å². The van der Waals surface area contributed by atoms with Crippen molar-refractivity contribution in [3.8, 4) is 0 Å². The van der Waals surface area contributed by atoms with Crippen LogP contribution >= 0.6 is 0 Å². The van der Waals surface area contributed by atoms with Crippen molar-refractivity contribution < 1.29 is 14.0 Å². The summed E-state index contributed by atoms with van der Waals surface area (Å²) in [5.74, 6) is -0.414. The second kappa shape index (κ2) is 9.29. The normalized spacial score (nSPS) is 18.6. The molecule has 186 valence electrons. The highest BCUT2D eigenvalue weighted by Gasteiger charge is 2.48. The van der Waals surface area contributed by atoms with Crippen LogP contribution in [0.15, 0.2) is 30.1 Å². The van der Waals surface area contributed by atoms with Crippen LogP contribution in [0.4, 0.5) is 10.2 Å². The number of carbonyl (C=O) groups is 2. The molecule has 2 aromatic heterocycles. The molecular formula is C24H31FN8O2. The van der Waals surface area contributed by atoms with Gasteiger partial charge in [-0.2, -0.15) is 9.49 Å². The summed E-state index contributed by atoms with van der Waals surface area (Å²) in [6.45, 7) is 4.28. The Kier molecular flexibility index (Phi) is 6.18. The summed E-state index contributed by atoms with van der Waals surface area (Å²) in [6.07, 6.45) is 5.79. The van der Waals surface area contributed by atoms with Gasteiger partial charge in [-0.25, -0.2) is 4.98 Å². The fourth-order valence-electron chi connectivity index (χ4n) is 5.02. The van der Waals surface area contributed by atoms with E-state index in [1.807, 2.05) is 13.8 Å². The Morgan fingerprint density at radius 2 is 1.91 bits per heavy atom. The van der Waals surface area contributed by atoms with E-state index in [1.54, 1.807) is 41.1 Å². The van der Waals surface area contributed by atoms with E-state index in [2.05, 4.69) is 31.7 Å². The zero-order chi connectivity index (χ0) is 24.7. The molecular weight excluding hydrogens is 451 g/mol. The molecule has 4 N–H and O–H groups in total. The highest BCUT2D eigenvalue weighted by atomic mass is 19.1. The third-order valence-corrected chi connectivity index (χ3v) is 6.99. The molecule has 2 amide bonds. The van der Waals surface area contributed by atoms with Crippen LogP contribution in [0.25, 0.3) is 5.70 Å². The van der Waals surface area contributed by atoms with Gasteiger partial charge in [0.05, 0.1) is 17.0 Å². The van der Waals surface area contributed by atoms with E-state index in [4.69, 9.17) is 0 Å². The quantitative estimate of drug-likeness (QED) is 0.405. The minimum atomic E-state index is -0.730. The number of nitrogens with zero attached hydrogens (tertiary/aromatic N) is 4. The second-order valence-electron chi connectivity index (χ2n) is 9.53. The molecule has 10 nitrogen and oxygen atoms in total. The predicted octanol–water partition coefficient (Wildman–Crippen LogP) is 2.25. The Hall–Kier alpha value is -3.47. The lowest BCUT2D eigenvalue weighted by Crippen LogP contribution is -2.50. The maximum absolute atomic E-state index is 15.0. The lowest BCUT2D eigenvalue weighted by molar-refractivity contribution is -0.119. The summed E-state index contributed by atoms with van der Waals surface area (Å²) in [5, 5.41) is 11.6. The van der Waals surface area contributed by atoms with Gasteiger partial charge in [0.2, 0.25) is 11.9 Å². The van der Waals surface area contributed by atoms with Crippen molar-refractivity contribution in [3.05, 3.63) is 47.3 Å². The van der Waals surface area contributed by atoms with Gasteiger partial charge in [0.15, 0.2) is 0 Å². The van der Waals surface area contributed by atoms with E-state index < -0.39 is 12.0 Å². The van der Waals surface area contributed by atoms with E-state index >= 15 is 0 Å². The van der Waals surface area contributed by atoms with E-state index in [9.17, 15) is 14.0 Å². The maximum Gasteiger partial charge on any atom is 0.270 e. The zero-order valence-electron chi connectivity index (χ0n) is 20.1. The van der Waals surface area contributed by atoms with Gasteiger partial charge in [-0.3, -0.25) is 19.3 Å². The molecule has 2 saturated carbocycles. The average Bonchev–Trinajstić information content (AvgIpc) is 3.76. The molecule has 3 heterocycles. The Balaban J connectivity index is 1.37. The number of amides is 2. The second-order valence-corrected chi connectivity index (χ2v) is 9.53. The Bertz CT molecular complexity index is 1160. The molecule has 2 fully saturated rings. The summed E-state index contributed by atoms with van der Waals surface area (Å²) in [6, 6.07) is 4.09. The van der Waals surface area contributed by atoms with Crippen molar-refractivity contribution in [2.24, 2.45) is 17.8 Å². The van der Waals surface area contributed by atoms with Crippen molar-refractivity contribution in [1.82, 2.24) is 36.1 Å². The average molecular weight is 483 g/mol. The number of halogens is 1. The van der Waals surface area contributed by atoms with E-state index in [-0.39, 0.29) is 23.6 Å². The molecule has 1 aliphatic heterocycles. The molecule has 2 aliphatic carbocycles. The first-order valence-corrected chi connectivity index (χ1v) is 12.1. The molecule has 0 spiro atoms. The summed E-state index contributed by atoms with van der Waals surface area (Å²) < 4.78 is 16.6. The van der Waals surface area contributed by atoms with Gasteiger partial charge in [-0.1, -0.05) is 0 Å². The number of allylic oxidation sites excluding steroid dienone is 1. The van der Waals surface area contributed by atoms with Crippen molar-refractivity contribution >= 4 is 23.3 Å². The van der Waals surface area contributed by atoms with Crippen LogP contribution in [0.5, 0.6) is 0 Å². The predicted molar refractivity (Wildman–Crippen MR) is 128 cm³/mol. The monoisotopic (exact) mass is 482 g/mol. The van der Waals surface area contributed by atoms with Crippen molar-refractivity contribution in [2.45, 2.75) is 52.1 Å². The van der Waals surface area contributed by atoms with E-state index in [1.165, 1.54) is 0 Å². The van der Waals surface area contributed by atoms with Crippen molar-refractivity contribution in [1.29, 1.82) is 0 Å². The third kappa shape index (κ3) is 4.72. The minimum Gasteiger partial charge on any atom is -0.339 e. The number of nitrogens with one attached hydrogen (secondary N) is 4. The number of hydrogen-bond donors (Lipinski definition) is 4. The van der Waals surface area contributed by atoms with Gasteiger partial charge < -0.3 is 16.1 Å². The highest BCUT2D eigenvalue weighted by molar-refractivity contribution is 6.00. The number of rotatable bonds is 9. The van der Waals surface area contributed by atoms with Crippen LogP contribution in [0.1, 0.15) is 55.6 Å². The van der Waals surface area contributed by atoms with Crippen LogP contribution in [0.2, 0.25) is 0 Å². The topological polar surface area (TPSA) is 116 Å². The summed E-state index contributed by atoms with van der Waals surface area (Å²) >= 11 is 0. The van der Waals surface area contributed by atoms with Gasteiger partial charge in [-0.05, 0) is 75.5 Å². The molecule has 2 aromatic rings. The van der Waals surface area contributed by atoms with Crippen LogP contribution in [0, 0.1) is 23.7 Å². The van der Waals surface area contributed by atoms with Gasteiger partial charge in [0, 0.05) is 19.8 Å². The number of aryl methyl sites for hydroxylation is 1. The molecule has 0 unspecified atom stereocenters. The standard InChI is InChI=1S/C24H31FN8O2/c1-4-33-17(11-12-26-33)23(34)29-20(19(14-5-6-14)15-7-8-15)24(35)28-18-10-9-16(22(25)27-18)21-13(2)30-31-32(21)3/h9-12,14-15,19-20,30-31H,4-8H2,1-3H3,(H,29,34)(H,27,28,35)/t20-/m1/s1. The first-order valence-electron chi connectivity index (χ1n) is 12.1. The van der Waals surface area contributed by atoms with Crippen molar-refractivity contribution in [2.75, 3.05) is 12.4 Å². The molecule has 0 saturated heterocycles. The van der Waals surface area contributed by atoms with Gasteiger partial charge in [0.25, 0.3) is 5.91 Å². The smallest absolute Gasteiger partial charge is 0.270 e. The zero-order valence-corrected chi connectivity index (χ0v) is 20.1. The fourth-order valence-corrected chi connectivity index (χ4v) is 5.02. The van der Waals surface area contributed by atoms with Gasteiger partial charge in [0.1, 0.15) is 17.6 Å². The first kappa shape index (κ1) is 23.3. The first-order chi connectivity index (χ1) is 16.9. The van der Waals surface area contributed by atoms with Crippen LogP contribution in [0.3, 0.4) is 0 Å². The van der Waals surface area contributed by atoms with Gasteiger partial charge >= 0.3 is 0 Å². The van der Waals surface area contributed by atoms with Crippen LogP contribution < -0.4 is 21.6 Å². The third-order valence-electron chi connectivity index (χ3n) is 6.99. The molecule has 0 radical (unpaired) electrons. The van der Waals surface area contributed by atoms with E-state index in [0.717, 1.165) is 31.4 Å². The van der Waals surface area contributed by atoms with Crippen molar-refractivity contribution in [3.63, 3.8) is 0 Å². The SMILES string of the molecule is CCn1nccc1C(=O)N[C@@H](C(=O)Nc1ccc(C2=C(C)NNN2C)c(F)n1)C(C1CC1)C1CC1. The summed E-state index contributed by atoms with van der Waals surface area (Å²) in [4.78, 5) is 30.6. The Morgan fingerprint density at radius 3 is 2.49 bits per heavy atom. The number of pyridine rings is 1. The highest BCUT2D eigenvalue weighted by Crippen LogP contribution is 2.50. The maximum atomic E-state index is 15.0. The number of anilines is 1. The molecule has 35 heavy (non-hydrogen) atoms. The molecule has 11 heteroatoms. The minimum absolute atomic E-state index is 0.0539. The number of carbonyl (C=O) groups excluding carboxylic acids is 2. The lowest BCUT2D eigenvalue weighted by Gasteiger charge is -2.27. The summed E-state index contributed by atoms with van der Waals surface area (Å²) in [5.41, 5.74) is 7.94. The van der Waals surface area contributed by atoms with Gasteiger partial charge in [-0.15, -0.1) is 5.53 Å². The fraction of sp³-hybridized carbons (Fsp3) is 0.500. The summed E-state index contributed by atoms with van der Waals surface area (Å²) in [7, 11) is 1.77. The lowest BCUT2D eigenvalue weighted by atomic mass is 9.88. The molecule has 0 aromatic carbocycles. The largest absolute Gasteiger partial charge is 0.339 e. The number of aromatic nitrogens is 3.